The Morgan fingerprint density at radius 3 is 2.36 bits per heavy atom. The predicted molar refractivity (Wildman–Crippen MR) is 95.9 cm³/mol. The van der Waals surface area contributed by atoms with E-state index in [1.165, 1.54) is 18.7 Å². The molecule has 0 bridgehead atoms. The second kappa shape index (κ2) is 6.20. The van der Waals surface area contributed by atoms with Crippen molar-refractivity contribution in [2.45, 2.75) is 26.2 Å². The number of carbonyl (C=O) groups is 2. The highest BCUT2D eigenvalue weighted by Crippen LogP contribution is 2.33. The number of methoxy groups -OCH3 is 1. The number of fused-ring (bicyclic) bond motifs is 1. The summed E-state index contributed by atoms with van der Waals surface area (Å²) in [5, 5.41) is 0. The molecule has 0 unspecified atom stereocenters. The van der Waals surface area contributed by atoms with E-state index in [2.05, 4.69) is 25.5 Å². The van der Waals surface area contributed by atoms with Gasteiger partial charge in [0.15, 0.2) is 5.76 Å². The molecule has 4 heteroatoms. The summed E-state index contributed by atoms with van der Waals surface area (Å²) >= 11 is 0. The fourth-order valence-electron chi connectivity index (χ4n) is 2.66. The molecule has 0 aliphatic carbocycles. The zero-order valence-corrected chi connectivity index (χ0v) is 14.8. The molecule has 0 atom stereocenters. The number of allylic oxidation sites excluding steroid dienone is 1. The number of ether oxygens (including phenoxy) is 2. The van der Waals surface area contributed by atoms with Crippen molar-refractivity contribution in [3.05, 3.63) is 70.5 Å². The lowest BCUT2D eigenvalue weighted by molar-refractivity contribution is 0.0600. The van der Waals surface area contributed by atoms with Crippen LogP contribution in [0.2, 0.25) is 0 Å². The van der Waals surface area contributed by atoms with Gasteiger partial charge in [0.1, 0.15) is 5.75 Å². The van der Waals surface area contributed by atoms with Crippen molar-refractivity contribution in [3.63, 3.8) is 0 Å². The van der Waals surface area contributed by atoms with Gasteiger partial charge in [-0.05, 0) is 40.8 Å². The van der Waals surface area contributed by atoms with E-state index in [0.717, 1.165) is 5.56 Å². The Bertz CT molecular complexity index is 868. The van der Waals surface area contributed by atoms with E-state index in [9.17, 15) is 9.59 Å². The first kappa shape index (κ1) is 17.0. The molecule has 1 heterocycles. The van der Waals surface area contributed by atoms with E-state index in [1.807, 2.05) is 24.3 Å². The quantitative estimate of drug-likeness (QED) is 0.603. The van der Waals surface area contributed by atoms with Crippen molar-refractivity contribution in [2.24, 2.45) is 0 Å². The van der Waals surface area contributed by atoms with Gasteiger partial charge in [0, 0.05) is 0 Å². The number of esters is 1. The van der Waals surface area contributed by atoms with E-state index in [-0.39, 0.29) is 17.0 Å². The largest absolute Gasteiger partial charge is 0.465 e. The Kier molecular flexibility index (Phi) is 4.21. The van der Waals surface area contributed by atoms with E-state index < -0.39 is 5.97 Å². The Labute approximate surface area is 147 Å². The van der Waals surface area contributed by atoms with Crippen LogP contribution in [0.1, 0.15) is 52.6 Å². The Morgan fingerprint density at radius 2 is 1.76 bits per heavy atom. The van der Waals surface area contributed by atoms with Gasteiger partial charge in [0.2, 0.25) is 5.78 Å². The highest BCUT2D eigenvalue weighted by atomic mass is 16.5. The van der Waals surface area contributed by atoms with Crippen LogP contribution in [0.25, 0.3) is 6.08 Å². The number of carbonyl (C=O) groups excluding carboxylic acids is 2. The lowest BCUT2D eigenvalue weighted by Gasteiger charge is -2.18. The lowest BCUT2D eigenvalue weighted by Crippen LogP contribution is -2.10. The average Bonchev–Trinajstić information content (AvgIpc) is 2.89. The van der Waals surface area contributed by atoms with E-state index in [0.29, 0.717) is 16.9 Å². The fraction of sp³-hybridized carbons (Fsp3) is 0.238. The van der Waals surface area contributed by atoms with Gasteiger partial charge in [0.25, 0.3) is 0 Å². The van der Waals surface area contributed by atoms with Gasteiger partial charge in [-0.3, -0.25) is 4.79 Å². The summed E-state index contributed by atoms with van der Waals surface area (Å²) < 4.78 is 10.3. The summed E-state index contributed by atoms with van der Waals surface area (Å²) in [6, 6.07) is 12.7. The number of Topliss-reactive ketones (excluding diaryl/α,β-unsaturated/α-hetero) is 1. The van der Waals surface area contributed by atoms with Crippen LogP contribution in [0, 0.1) is 0 Å². The maximum Gasteiger partial charge on any atom is 0.337 e. The van der Waals surface area contributed by atoms with Gasteiger partial charge in [-0.1, -0.05) is 45.0 Å². The Hall–Kier alpha value is -2.88. The number of rotatable bonds is 2. The molecule has 0 N–H and O–H groups in total. The normalized spacial score (nSPS) is 15.0. The van der Waals surface area contributed by atoms with Crippen LogP contribution >= 0.6 is 0 Å². The highest BCUT2D eigenvalue weighted by molar-refractivity contribution is 6.15. The van der Waals surface area contributed by atoms with Crippen LogP contribution in [0.4, 0.5) is 0 Å². The van der Waals surface area contributed by atoms with Crippen molar-refractivity contribution in [1.29, 1.82) is 0 Å². The zero-order valence-electron chi connectivity index (χ0n) is 14.8. The molecule has 0 spiro atoms. The maximum absolute atomic E-state index is 12.5. The summed E-state index contributed by atoms with van der Waals surface area (Å²) in [5.74, 6) is -0.0119. The molecule has 1 aliphatic rings. The minimum Gasteiger partial charge on any atom is -0.465 e. The highest BCUT2D eigenvalue weighted by Gasteiger charge is 2.28. The molecule has 128 valence electrons. The summed E-state index contributed by atoms with van der Waals surface area (Å²) in [6.45, 7) is 6.46. The second-order valence-electron chi connectivity index (χ2n) is 7.01. The van der Waals surface area contributed by atoms with Crippen molar-refractivity contribution >= 4 is 17.8 Å². The zero-order chi connectivity index (χ0) is 18.2. The standard InChI is InChI=1S/C21H20O4/c1-21(2,3)15-8-5-13(6-9-15)11-18-19(22)16-12-14(20(23)24-4)7-10-17(16)25-18/h5-12H,1-4H3/b18-11-. The fourth-order valence-corrected chi connectivity index (χ4v) is 2.66. The number of ketones is 1. The van der Waals surface area contributed by atoms with Gasteiger partial charge < -0.3 is 9.47 Å². The smallest absolute Gasteiger partial charge is 0.337 e. The third-order valence-electron chi connectivity index (χ3n) is 4.16. The summed E-state index contributed by atoms with van der Waals surface area (Å²) in [4.78, 5) is 24.2. The molecule has 2 aromatic carbocycles. The number of benzene rings is 2. The van der Waals surface area contributed by atoms with E-state index >= 15 is 0 Å². The molecular weight excluding hydrogens is 316 g/mol. The number of hydrogen-bond acceptors (Lipinski definition) is 4. The van der Waals surface area contributed by atoms with Crippen molar-refractivity contribution in [2.75, 3.05) is 7.11 Å². The molecule has 2 aromatic rings. The van der Waals surface area contributed by atoms with Gasteiger partial charge >= 0.3 is 5.97 Å². The number of hydrogen-bond donors (Lipinski definition) is 0. The molecule has 25 heavy (non-hydrogen) atoms. The Balaban J connectivity index is 1.88. The Morgan fingerprint density at radius 1 is 1.08 bits per heavy atom. The van der Waals surface area contributed by atoms with Gasteiger partial charge in [-0.25, -0.2) is 4.79 Å². The van der Waals surface area contributed by atoms with Crippen LogP contribution < -0.4 is 4.74 Å². The van der Waals surface area contributed by atoms with Gasteiger partial charge in [-0.2, -0.15) is 0 Å². The molecule has 0 aromatic heterocycles. The molecule has 0 fully saturated rings. The monoisotopic (exact) mass is 336 g/mol. The lowest BCUT2D eigenvalue weighted by atomic mass is 9.86. The summed E-state index contributed by atoms with van der Waals surface area (Å²) in [5.41, 5.74) is 2.89. The molecule has 0 amide bonds. The van der Waals surface area contributed by atoms with E-state index in [1.54, 1.807) is 18.2 Å². The van der Waals surface area contributed by atoms with Crippen LogP contribution in [0.15, 0.2) is 48.2 Å². The van der Waals surface area contributed by atoms with Gasteiger partial charge in [0.05, 0.1) is 18.2 Å². The first-order valence-electron chi connectivity index (χ1n) is 8.07. The molecule has 1 aliphatic heterocycles. The molecule has 0 radical (unpaired) electrons. The third-order valence-corrected chi connectivity index (χ3v) is 4.16. The molecule has 4 nitrogen and oxygen atoms in total. The van der Waals surface area contributed by atoms with Crippen LogP contribution in [0.5, 0.6) is 5.75 Å². The third kappa shape index (κ3) is 3.33. The second-order valence-corrected chi connectivity index (χ2v) is 7.01. The molecule has 3 rings (SSSR count). The van der Waals surface area contributed by atoms with E-state index in [4.69, 9.17) is 4.74 Å². The molecular formula is C21H20O4. The van der Waals surface area contributed by atoms with Crippen LogP contribution in [0.3, 0.4) is 0 Å². The van der Waals surface area contributed by atoms with Crippen LogP contribution in [-0.2, 0) is 10.2 Å². The minimum atomic E-state index is -0.481. The van der Waals surface area contributed by atoms with Gasteiger partial charge in [-0.15, -0.1) is 0 Å². The minimum absolute atomic E-state index is 0.0753. The van der Waals surface area contributed by atoms with Crippen LogP contribution in [-0.4, -0.2) is 18.9 Å². The first-order valence-corrected chi connectivity index (χ1v) is 8.07. The maximum atomic E-state index is 12.5. The molecule has 0 saturated heterocycles. The first-order chi connectivity index (χ1) is 11.8. The molecule has 0 saturated carbocycles. The van der Waals surface area contributed by atoms with Crippen molar-refractivity contribution in [1.82, 2.24) is 0 Å². The predicted octanol–water partition coefficient (Wildman–Crippen LogP) is 4.39. The summed E-state index contributed by atoms with van der Waals surface area (Å²) in [7, 11) is 1.31. The van der Waals surface area contributed by atoms with Crippen molar-refractivity contribution < 1.29 is 19.1 Å². The SMILES string of the molecule is COC(=O)c1ccc2c(c1)C(=O)/C(=C/c1ccc(C(C)(C)C)cc1)O2. The average molecular weight is 336 g/mol. The topological polar surface area (TPSA) is 52.6 Å². The van der Waals surface area contributed by atoms with Crippen molar-refractivity contribution in [3.8, 4) is 5.75 Å². The summed E-state index contributed by atoms with van der Waals surface area (Å²) in [6.07, 6.45) is 1.71.